The van der Waals surface area contributed by atoms with Crippen molar-refractivity contribution in [2.24, 2.45) is 0 Å². The molecule has 1 aromatic carbocycles. The van der Waals surface area contributed by atoms with Gasteiger partial charge in [-0.25, -0.2) is 17.2 Å². The molecule has 2 aromatic rings. The zero-order valence-corrected chi connectivity index (χ0v) is 21.7. The minimum absolute atomic E-state index is 0.0290. The number of sulfone groups is 1. The second kappa shape index (κ2) is 8.90. The number of amides is 2. The summed E-state index contributed by atoms with van der Waals surface area (Å²) >= 11 is 6.12. The van der Waals surface area contributed by atoms with E-state index in [0.717, 1.165) is 11.1 Å². The maximum Gasteiger partial charge on any atom is 0.270 e. The van der Waals surface area contributed by atoms with Gasteiger partial charge in [0.15, 0.2) is 9.84 Å². The monoisotopic (exact) mass is 553 g/mol. The lowest BCUT2D eigenvalue weighted by atomic mass is 10.1. The number of carbonyl (C=O) groups is 2. The lowest BCUT2D eigenvalue weighted by molar-refractivity contribution is 0.0694. The van der Waals surface area contributed by atoms with Gasteiger partial charge in [0.2, 0.25) is 0 Å². The molecule has 1 aliphatic heterocycles. The molecule has 198 valence electrons. The average molecular weight is 554 g/mol. The zero-order chi connectivity index (χ0) is 26.8. The molecule has 2 aliphatic carbocycles. The van der Waals surface area contributed by atoms with Crippen LogP contribution in [-0.2, 0) is 22.9 Å². The van der Waals surface area contributed by atoms with Crippen LogP contribution in [0.4, 0.5) is 8.78 Å². The number of hydrogen-bond donors (Lipinski definition) is 1. The first-order valence-electron chi connectivity index (χ1n) is 12.0. The molecule has 0 bridgehead atoms. The third kappa shape index (κ3) is 4.16. The van der Waals surface area contributed by atoms with Gasteiger partial charge in [-0.2, -0.15) is 0 Å². The summed E-state index contributed by atoms with van der Waals surface area (Å²) in [6.45, 7) is 1.93. The van der Waals surface area contributed by atoms with Crippen LogP contribution in [0.3, 0.4) is 0 Å². The Labute approximate surface area is 217 Å². The van der Waals surface area contributed by atoms with Gasteiger partial charge in [-0.1, -0.05) is 23.7 Å². The number of halogens is 3. The van der Waals surface area contributed by atoms with Crippen molar-refractivity contribution in [2.75, 3.05) is 13.1 Å². The first kappa shape index (κ1) is 25.8. The number of hydrogen-bond acceptors (Lipinski definition) is 5. The average Bonchev–Trinajstić information content (AvgIpc) is 3.76. The van der Waals surface area contributed by atoms with Crippen LogP contribution >= 0.6 is 11.6 Å². The topological polar surface area (TPSA) is 106 Å². The van der Waals surface area contributed by atoms with E-state index in [1.54, 1.807) is 6.07 Å². The van der Waals surface area contributed by atoms with Crippen molar-refractivity contribution in [3.8, 4) is 0 Å². The van der Waals surface area contributed by atoms with Gasteiger partial charge in [-0.05, 0) is 61.9 Å². The van der Waals surface area contributed by atoms with Crippen LogP contribution in [0.25, 0.3) is 0 Å². The largest absolute Gasteiger partial charge is 0.348 e. The fourth-order valence-electron chi connectivity index (χ4n) is 4.98. The zero-order valence-electron chi connectivity index (χ0n) is 20.1. The smallest absolute Gasteiger partial charge is 0.270 e. The van der Waals surface area contributed by atoms with Gasteiger partial charge in [0.05, 0.1) is 4.75 Å². The quantitative estimate of drug-likeness (QED) is 0.541. The third-order valence-corrected chi connectivity index (χ3v) is 11.5. The van der Waals surface area contributed by atoms with Crippen LogP contribution in [0.15, 0.2) is 35.1 Å². The van der Waals surface area contributed by atoms with Crippen LogP contribution in [0, 0.1) is 6.92 Å². The molecule has 2 saturated carbocycles. The number of aryl methyl sites for hydroxylation is 1. The number of fused-ring (bicyclic) bond motifs is 1. The lowest BCUT2D eigenvalue weighted by Gasteiger charge is -2.33. The normalized spacial score (nSPS) is 19.5. The lowest BCUT2D eigenvalue weighted by Crippen LogP contribution is -2.52. The fourth-order valence-corrected chi connectivity index (χ4v) is 7.88. The third-order valence-electron chi connectivity index (χ3n) is 7.74. The van der Waals surface area contributed by atoms with Gasteiger partial charge >= 0.3 is 0 Å². The van der Waals surface area contributed by atoms with Crippen LogP contribution in [0.5, 0.6) is 0 Å². The molecule has 12 heteroatoms. The van der Waals surface area contributed by atoms with Gasteiger partial charge in [-0.3, -0.25) is 14.4 Å². The summed E-state index contributed by atoms with van der Waals surface area (Å²) in [6, 6.07) is 8.00. The molecule has 37 heavy (non-hydrogen) atoms. The van der Waals surface area contributed by atoms with E-state index >= 15 is 0 Å². The van der Waals surface area contributed by atoms with E-state index in [1.165, 1.54) is 21.6 Å². The molecule has 2 heterocycles. The predicted molar refractivity (Wildman–Crippen MR) is 133 cm³/mol. The molecule has 0 spiro atoms. The summed E-state index contributed by atoms with van der Waals surface area (Å²) in [6.07, 6.45) is -2.64. The predicted octanol–water partition coefficient (Wildman–Crippen LogP) is 2.94. The first-order valence-corrected chi connectivity index (χ1v) is 13.9. The molecular weight excluding hydrogens is 528 g/mol. The summed E-state index contributed by atoms with van der Waals surface area (Å²) in [4.78, 5) is 40.2. The molecule has 2 fully saturated rings. The number of pyridine rings is 1. The van der Waals surface area contributed by atoms with Crippen molar-refractivity contribution in [2.45, 2.75) is 61.6 Å². The molecular formula is C25H26ClF2N3O5S. The maximum atomic E-state index is 13.6. The Morgan fingerprint density at radius 2 is 1.81 bits per heavy atom. The molecule has 0 radical (unpaired) electrons. The number of nitrogens with zero attached hydrogens (tertiary/aromatic N) is 2. The second-order valence-corrected chi connectivity index (χ2v) is 13.2. The van der Waals surface area contributed by atoms with E-state index in [9.17, 15) is 31.6 Å². The molecule has 0 saturated heterocycles. The van der Waals surface area contributed by atoms with Crippen LogP contribution in [-0.4, -0.2) is 58.7 Å². The molecule has 1 N–H and O–H groups in total. The van der Waals surface area contributed by atoms with E-state index in [2.05, 4.69) is 5.32 Å². The van der Waals surface area contributed by atoms with Crippen LogP contribution < -0.4 is 10.9 Å². The van der Waals surface area contributed by atoms with Gasteiger partial charge in [-0.15, -0.1) is 0 Å². The number of aromatic nitrogens is 1. The highest BCUT2D eigenvalue weighted by Crippen LogP contribution is 2.59. The van der Waals surface area contributed by atoms with Gasteiger partial charge in [0.1, 0.15) is 16.0 Å². The Morgan fingerprint density at radius 1 is 1.11 bits per heavy atom. The number of alkyl halides is 2. The SMILES string of the molecule is Cc1ccc(CNC(=O)c2ccc3n(c2=O)CCN(CC2(S(=O)(=O)C4(C(F)F)CC4)CC2)C3=O)cc1Cl. The van der Waals surface area contributed by atoms with Crippen molar-refractivity contribution in [3.05, 3.63) is 68.1 Å². The number of carbonyl (C=O) groups excluding carboxylic acids is 2. The Bertz CT molecular complexity index is 1470. The molecule has 0 atom stereocenters. The molecule has 2 amide bonds. The highest BCUT2D eigenvalue weighted by molar-refractivity contribution is 7.94. The molecule has 3 aliphatic rings. The van der Waals surface area contributed by atoms with Crippen molar-refractivity contribution in [1.29, 1.82) is 0 Å². The van der Waals surface area contributed by atoms with Crippen molar-refractivity contribution >= 4 is 33.3 Å². The first-order chi connectivity index (χ1) is 17.4. The highest BCUT2D eigenvalue weighted by atomic mass is 35.5. The number of rotatable bonds is 8. The molecule has 0 unspecified atom stereocenters. The number of nitrogens with one attached hydrogen (secondary N) is 1. The Morgan fingerprint density at radius 3 is 2.41 bits per heavy atom. The Hall–Kier alpha value is -2.79. The van der Waals surface area contributed by atoms with Gasteiger partial charge in [0, 0.05) is 31.2 Å². The van der Waals surface area contributed by atoms with E-state index < -0.39 is 43.1 Å². The summed E-state index contributed by atoms with van der Waals surface area (Å²) in [5.41, 5.74) is 0.929. The van der Waals surface area contributed by atoms with E-state index in [-0.39, 0.29) is 63.1 Å². The maximum absolute atomic E-state index is 13.6. The van der Waals surface area contributed by atoms with Crippen molar-refractivity contribution in [1.82, 2.24) is 14.8 Å². The van der Waals surface area contributed by atoms with Gasteiger partial charge in [0.25, 0.3) is 23.8 Å². The number of benzene rings is 1. The highest BCUT2D eigenvalue weighted by Gasteiger charge is 2.71. The van der Waals surface area contributed by atoms with Crippen LogP contribution in [0.2, 0.25) is 5.02 Å². The Balaban J connectivity index is 1.31. The van der Waals surface area contributed by atoms with Gasteiger partial charge < -0.3 is 14.8 Å². The summed E-state index contributed by atoms with van der Waals surface area (Å²) in [5, 5.41) is 3.24. The molecule has 8 nitrogen and oxygen atoms in total. The fraction of sp³-hybridized carbons (Fsp3) is 0.480. The summed E-state index contributed by atoms with van der Waals surface area (Å²) in [7, 11) is -4.15. The van der Waals surface area contributed by atoms with E-state index in [0.29, 0.717) is 5.02 Å². The second-order valence-electron chi connectivity index (χ2n) is 10.1. The summed E-state index contributed by atoms with van der Waals surface area (Å²) in [5.74, 6) is -1.16. The van der Waals surface area contributed by atoms with Crippen LogP contribution in [0.1, 0.15) is 57.7 Å². The molecule has 1 aromatic heterocycles. The van der Waals surface area contributed by atoms with E-state index in [4.69, 9.17) is 11.6 Å². The van der Waals surface area contributed by atoms with Crippen molar-refractivity contribution < 1.29 is 26.8 Å². The van der Waals surface area contributed by atoms with E-state index in [1.807, 2.05) is 19.1 Å². The summed E-state index contributed by atoms with van der Waals surface area (Å²) < 4.78 is 51.2. The Kier molecular flexibility index (Phi) is 6.22. The van der Waals surface area contributed by atoms with Crippen molar-refractivity contribution in [3.63, 3.8) is 0 Å². The standard InChI is InChI=1S/C25H26ClF2N3O5S/c1-15-2-3-16(12-18(15)26)13-29-20(32)17-4-5-19-22(34)30(10-11-31(19)21(17)33)14-24(6-7-24)37(35,36)25(8-9-25)23(27)28/h2-5,12,23H,6-11,13-14H2,1H3,(H,29,32). The minimum Gasteiger partial charge on any atom is -0.348 e. The minimum atomic E-state index is -4.15. The molecule has 5 rings (SSSR count).